The first kappa shape index (κ1) is 30.6. The van der Waals surface area contributed by atoms with Crippen LogP contribution in [0.3, 0.4) is 0 Å². The van der Waals surface area contributed by atoms with Crippen molar-refractivity contribution in [3.8, 4) is 0 Å². The minimum atomic E-state index is -0.265. The maximum Gasteiger partial charge on any atom is 0.256 e. The van der Waals surface area contributed by atoms with Gasteiger partial charge in [-0.3, -0.25) is 14.5 Å². The van der Waals surface area contributed by atoms with Crippen molar-refractivity contribution in [1.82, 2.24) is 4.98 Å². The molecule has 0 aliphatic rings. The van der Waals surface area contributed by atoms with Gasteiger partial charge in [-0.15, -0.1) is 0 Å². The summed E-state index contributed by atoms with van der Waals surface area (Å²) in [5, 5.41) is 2.83. The van der Waals surface area contributed by atoms with E-state index in [2.05, 4.69) is 10.3 Å². The smallest absolute Gasteiger partial charge is 0.256 e. The maximum atomic E-state index is 12.8. The average molecular weight is 554 g/mol. The Bertz CT molecular complexity index is 1470. The van der Waals surface area contributed by atoms with Crippen LogP contribution in [0.15, 0.2) is 95.0 Å². The number of nitrogens with one attached hydrogen (secondary N) is 1. The van der Waals surface area contributed by atoms with Gasteiger partial charge < -0.3 is 20.9 Å². The fourth-order valence-corrected chi connectivity index (χ4v) is 4.00. The third kappa shape index (κ3) is 7.82. The van der Waals surface area contributed by atoms with Crippen molar-refractivity contribution in [3.05, 3.63) is 101 Å². The summed E-state index contributed by atoms with van der Waals surface area (Å²) in [4.78, 5) is 39.7. The Kier molecular flexibility index (Phi) is 10.4. The number of nitrogens with two attached hydrogens (primary N) is 1. The lowest BCUT2D eigenvalue weighted by molar-refractivity contribution is -0.106. The van der Waals surface area contributed by atoms with Crippen LogP contribution in [0.25, 0.3) is 0 Å². The molecule has 0 fully saturated rings. The van der Waals surface area contributed by atoms with Crippen LogP contribution in [-0.4, -0.2) is 44.3 Å². The van der Waals surface area contributed by atoms with Gasteiger partial charge in [0.2, 0.25) is 6.41 Å². The van der Waals surface area contributed by atoms with Gasteiger partial charge in [-0.25, -0.2) is 9.98 Å². The summed E-state index contributed by atoms with van der Waals surface area (Å²) in [6, 6.07) is 18.4. The fraction of sp³-hybridized carbons (Fsp3) is 0.250. The number of aliphatic imine (C=N–C) groups is 1. The molecule has 1 heterocycles. The minimum Gasteiger partial charge on any atom is -0.400 e. The lowest BCUT2D eigenvalue weighted by atomic mass is 10.1. The van der Waals surface area contributed by atoms with Gasteiger partial charge in [0.25, 0.3) is 5.91 Å². The van der Waals surface area contributed by atoms with E-state index < -0.39 is 0 Å². The SMILES string of the molecule is CC/C(C)=C/N=C(/C(=C(\C)N)N(C)c1ccc(C(=O)Nc2cc(C)ccn2)cc1)N(C=O)c1cccc(N(C)C)c1. The summed E-state index contributed by atoms with van der Waals surface area (Å²) in [5.74, 6) is 0.598. The number of benzene rings is 2. The summed E-state index contributed by atoms with van der Waals surface area (Å²) < 4.78 is 0. The molecule has 0 atom stereocenters. The van der Waals surface area contributed by atoms with Crippen LogP contribution in [-0.2, 0) is 4.79 Å². The molecule has 3 rings (SSSR count). The molecule has 0 radical (unpaired) electrons. The number of hydrogen-bond acceptors (Lipinski definition) is 7. The van der Waals surface area contributed by atoms with E-state index in [4.69, 9.17) is 10.7 Å². The van der Waals surface area contributed by atoms with Crippen LogP contribution in [0.2, 0.25) is 0 Å². The summed E-state index contributed by atoms with van der Waals surface area (Å²) >= 11 is 0. The van der Waals surface area contributed by atoms with Gasteiger partial charge in [-0.2, -0.15) is 0 Å². The molecule has 41 heavy (non-hydrogen) atoms. The Morgan fingerprint density at radius 3 is 2.27 bits per heavy atom. The lowest BCUT2D eigenvalue weighted by Gasteiger charge is -2.30. The van der Waals surface area contributed by atoms with E-state index in [0.717, 1.165) is 35.3 Å². The molecule has 3 N–H and O–H groups in total. The third-order valence-electron chi connectivity index (χ3n) is 6.52. The van der Waals surface area contributed by atoms with Crippen LogP contribution in [0.1, 0.15) is 43.1 Å². The highest BCUT2D eigenvalue weighted by Crippen LogP contribution is 2.27. The number of amidine groups is 1. The number of amides is 2. The molecule has 0 unspecified atom stereocenters. The molecule has 214 valence electrons. The first-order valence-corrected chi connectivity index (χ1v) is 13.4. The van der Waals surface area contributed by atoms with E-state index in [1.165, 1.54) is 4.90 Å². The van der Waals surface area contributed by atoms with Crippen molar-refractivity contribution in [2.24, 2.45) is 10.7 Å². The minimum absolute atomic E-state index is 0.265. The monoisotopic (exact) mass is 553 g/mol. The first-order valence-electron chi connectivity index (χ1n) is 13.4. The molecule has 3 aromatic rings. The Hall–Kier alpha value is -4.92. The van der Waals surface area contributed by atoms with E-state index in [1.807, 2.05) is 100 Å². The number of hydrogen-bond donors (Lipinski definition) is 2. The maximum absolute atomic E-state index is 12.8. The molecule has 0 saturated carbocycles. The van der Waals surface area contributed by atoms with E-state index in [1.54, 1.807) is 31.5 Å². The number of aromatic nitrogens is 1. The Balaban J connectivity index is 2.01. The quantitative estimate of drug-likeness (QED) is 0.189. The fourth-order valence-electron chi connectivity index (χ4n) is 4.00. The van der Waals surface area contributed by atoms with Crippen molar-refractivity contribution < 1.29 is 9.59 Å². The largest absolute Gasteiger partial charge is 0.400 e. The molecule has 0 saturated heterocycles. The highest BCUT2D eigenvalue weighted by molar-refractivity contribution is 6.20. The molecule has 1 aromatic heterocycles. The molecule has 0 aliphatic heterocycles. The highest BCUT2D eigenvalue weighted by Gasteiger charge is 2.24. The van der Waals surface area contributed by atoms with Gasteiger partial charge in [0.15, 0.2) is 5.84 Å². The number of pyridine rings is 1. The standard InChI is InChI=1S/C32H39N7O2/c1-8-22(2)20-35-31(39(21-40)28-11-9-10-27(19-28)37(5)6)30(24(4)33)38(7)26-14-12-25(13-15-26)32(41)36-29-18-23(3)16-17-34-29/h9-21H,8,33H2,1-7H3,(H,34,36,41)/b22-20+,30-24-,35-31-. The Morgan fingerprint density at radius 2 is 1.68 bits per heavy atom. The molecule has 0 aliphatic carbocycles. The average Bonchev–Trinajstić information content (AvgIpc) is 2.95. The van der Waals surface area contributed by atoms with Crippen molar-refractivity contribution in [2.45, 2.75) is 34.1 Å². The van der Waals surface area contributed by atoms with Crippen LogP contribution >= 0.6 is 0 Å². The summed E-state index contributed by atoms with van der Waals surface area (Å²) in [6.07, 6.45) is 4.96. The zero-order valence-electron chi connectivity index (χ0n) is 24.8. The van der Waals surface area contributed by atoms with Crippen molar-refractivity contribution in [1.29, 1.82) is 0 Å². The van der Waals surface area contributed by atoms with Gasteiger partial charge in [0.05, 0.1) is 5.69 Å². The Morgan fingerprint density at radius 1 is 1.00 bits per heavy atom. The second kappa shape index (κ2) is 13.9. The Labute approximate surface area is 242 Å². The van der Waals surface area contributed by atoms with Gasteiger partial charge >= 0.3 is 0 Å². The van der Waals surface area contributed by atoms with Gasteiger partial charge in [0, 0.05) is 56.2 Å². The number of carbonyl (C=O) groups is 2. The number of nitrogens with zero attached hydrogens (tertiary/aromatic N) is 5. The number of rotatable bonds is 10. The van der Waals surface area contributed by atoms with Gasteiger partial charge in [-0.05, 0) is 87.4 Å². The summed E-state index contributed by atoms with van der Waals surface area (Å²) in [5.41, 5.74) is 12.3. The molecule has 0 bridgehead atoms. The summed E-state index contributed by atoms with van der Waals surface area (Å²) in [6.45, 7) is 7.74. The van der Waals surface area contributed by atoms with E-state index >= 15 is 0 Å². The first-order chi connectivity index (χ1) is 19.5. The van der Waals surface area contributed by atoms with Crippen LogP contribution in [0.5, 0.6) is 0 Å². The number of aryl methyl sites for hydroxylation is 1. The van der Waals surface area contributed by atoms with Crippen molar-refractivity contribution >= 4 is 41.0 Å². The lowest BCUT2D eigenvalue weighted by Crippen LogP contribution is -2.38. The van der Waals surface area contributed by atoms with Crippen LogP contribution in [0, 0.1) is 6.92 Å². The topological polar surface area (TPSA) is 107 Å². The zero-order chi connectivity index (χ0) is 30.1. The highest BCUT2D eigenvalue weighted by atomic mass is 16.1. The van der Waals surface area contributed by atoms with E-state index in [0.29, 0.717) is 34.3 Å². The third-order valence-corrected chi connectivity index (χ3v) is 6.52. The molecular formula is C32H39N7O2. The van der Waals surface area contributed by atoms with Crippen LogP contribution in [0.4, 0.5) is 22.9 Å². The molecule has 2 aromatic carbocycles. The molecule has 0 spiro atoms. The van der Waals surface area contributed by atoms with Crippen molar-refractivity contribution in [3.63, 3.8) is 0 Å². The molecular weight excluding hydrogens is 514 g/mol. The number of anilines is 4. The molecule has 2 amide bonds. The number of allylic oxidation sites excluding steroid dienone is 2. The molecule has 9 nitrogen and oxygen atoms in total. The molecule has 9 heteroatoms. The van der Waals surface area contributed by atoms with Crippen molar-refractivity contribution in [2.75, 3.05) is 41.2 Å². The predicted octanol–water partition coefficient (Wildman–Crippen LogP) is 5.71. The number of likely N-dealkylation sites (N-methyl/N-ethyl adjacent to an activating group) is 1. The normalized spacial score (nSPS) is 12.4. The zero-order valence-corrected chi connectivity index (χ0v) is 24.8. The van der Waals surface area contributed by atoms with Crippen LogP contribution < -0.4 is 25.8 Å². The number of carbonyl (C=O) groups excluding carboxylic acids is 2. The van der Waals surface area contributed by atoms with Gasteiger partial charge in [0.1, 0.15) is 11.5 Å². The van der Waals surface area contributed by atoms with Gasteiger partial charge in [-0.1, -0.05) is 18.6 Å². The van der Waals surface area contributed by atoms with E-state index in [-0.39, 0.29) is 5.91 Å². The predicted molar refractivity (Wildman–Crippen MR) is 169 cm³/mol. The second-order valence-electron chi connectivity index (χ2n) is 9.98. The second-order valence-corrected chi connectivity index (χ2v) is 9.98. The van der Waals surface area contributed by atoms with E-state index in [9.17, 15) is 9.59 Å². The summed E-state index contributed by atoms with van der Waals surface area (Å²) in [7, 11) is 5.73.